The maximum absolute atomic E-state index is 4.70. The van der Waals surface area contributed by atoms with Crippen LogP contribution in [0.2, 0.25) is 0 Å². The number of nitrogens with one attached hydrogen (secondary N) is 1. The molecular weight excluding hydrogens is 312 g/mol. The second-order valence-electron chi connectivity index (χ2n) is 5.26. The molecule has 6 heteroatoms. The lowest BCUT2D eigenvalue weighted by molar-refractivity contribution is 1.12. The van der Waals surface area contributed by atoms with Gasteiger partial charge in [-0.05, 0) is 18.2 Å². The quantitative estimate of drug-likeness (QED) is 0.615. The van der Waals surface area contributed by atoms with E-state index in [0.717, 1.165) is 16.8 Å². The van der Waals surface area contributed by atoms with Crippen molar-refractivity contribution in [1.82, 2.24) is 24.9 Å². The van der Waals surface area contributed by atoms with Crippen LogP contribution in [-0.2, 0) is 0 Å². The van der Waals surface area contributed by atoms with Gasteiger partial charge < -0.3 is 5.32 Å². The molecule has 0 saturated carbocycles. The van der Waals surface area contributed by atoms with Gasteiger partial charge in [0, 0.05) is 42.0 Å². The standard InChI is InChI=1S/C19H14N6/c1-2-5-14(6-3-1)16-13-17(25-19-21-9-4-10-22-19)24-18(23-16)15-7-11-20-12-8-15/h1-13H,(H,21,22,23,24,25). The SMILES string of the molecule is c1ccc(-c2cc(Nc3ncccn3)nc(-c3ccncc3)n2)cc1. The van der Waals surface area contributed by atoms with Crippen LogP contribution in [0.1, 0.15) is 0 Å². The molecule has 1 aromatic carbocycles. The molecule has 0 bridgehead atoms. The van der Waals surface area contributed by atoms with Crippen LogP contribution in [-0.4, -0.2) is 24.9 Å². The Labute approximate surface area is 144 Å². The number of anilines is 2. The minimum atomic E-state index is 0.487. The maximum Gasteiger partial charge on any atom is 0.228 e. The summed E-state index contributed by atoms with van der Waals surface area (Å²) in [5.41, 5.74) is 2.72. The Kier molecular flexibility index (Phi) is 4.07. The summed E-state index contributed by atoms with van der Waals surface area (Å²) in [5, 5.41) is 3.14. The molecule has 1 N–H and O–H groups in total. The largest absolute Gasteiger partial charge is 0.309 e. The van der Waals surface area contributed by atoms with Crippen LogP contribution >= 0.6 is 0 Å². The van der Waals surface area contributed by atoms with E-state index in [1.54, 1.807) is 30.9 Å². The summed E-state index contributed by atoms with van der Waals surface area (Å²) in [5.74, 6) is 1.73. The minimum Gasteiger partial charge on any atom is -0.309 e. The molecule has 0 spiro atoms. The molecule has 3 heterocycles. The molecule has 120 valence electrons. The van der Waals surface area contributed by atoms with Crippen LogP contribution in [0.4, 0.5) is 11.8 Å². The van der Waals surface area contributed by atoms with Gasteiger partial charge in [-0.15, -0.1) is 0 Å². The molecule has 0 atom stereocenters. The van der Waals surface area contributed by atoms with Gasteiger partial charge in [0.15, 0.2) is 5.82 Å². The van der Waals surface area contributed by atoms with Gasteiger partial charge in [-0.1, -0.05) is 30.3 Å². The lowest BCUT2D eigenvalue weighted by Gasteiger charge is -2.09. The van der Waals surface area contributed by atoms with Gasteiger partial charge in [0.2, 0.25) is 5.95 Å². The average Bonchev–Trinajstić information content (AvgIpc) is 2.70. The molecule has 25 heavy (non-hydrogen) atoms. The lowest BCUT2D eigenvalue weighted by Crippen LogP contribution is -2.01. The Morgan fingerprint density at radius 3 is 2.20 bits per heavy atom. The molecule has 6 nitrogen and oxygen atoms in total. The van der Waals surface area contributed by atoms with Gasteiger partial charge >= 0.3 is 0 Å². The minimum absolute atomic E-state index is 0.487. The summed E-state index contributed by atoms with van der Waals surface area (Å²) in [6.45, 7) is 0. The molecule has 0 fully saturated rings. The fourth-order valence-corrected chi connectivity index (χ4v) is 2.38. The van der Waals surface area contributed by atoms with Crippen LogP contribution in [0.25, 0.3) is 22.6 Å². The summed E-state index contributed by atoms with van der Waals surface area (Å²) in [4.78, 5) is 21.7. The highest BCUT2D eigenvalue weighted by atomic mass is 15.1. The number of aromatic nitrogens is 5. The summed E-state index contributed by atoms with van der Waals surface area (Å²) >= 11 is 0. The van der Waals surface area contributed by atoms with Crippen molar-refractivity contribution in [2.24, 2.45) is 0 Å². The average molecular weight is 326 g/mol. The van der Waals surface area contributed by atoms with Crippen LogP contribution in [0.5, 0.6) is 0 Å². The molecule has 3 aromatic heterocycles. The number of rotatable bonds is 4. The highest BCUT2D eigenvalue weighted by molar-refractivity contribution is 5.68. The summed E-state index contributed by atoms with van der Waals surface area (Å²) < 4.78 is 0. The van der Waals surface area contributed by atoms with Gasteiger partial charge in [-0.2, -0.15) is 0 Å². The zero-order chi connectivity index (χ0) is 16.9. The van der Waals surface area contributed by atoms with Gasteiger partial charge in [0.05, 0.1) is 5.69 Å². The third kappa shape index (κ3) is 3.48. The summed E-state index contributed by atoms with van der Waals surface area (Å²) in [6.07, 6.45) is 6.80. The molecule has 0 saturated heterocycles. The van der Waals surface area contributed by atoms with Crippen molar-refractivity contribution in [3.63, 3.8) is 0 Å². The zero-order valence-corrected chi connectivity index (χ0v) is 13.2. The van der Waals surface area contributed by atoms with Crippen molar-refractivity contribution in [3.05, 3.63) is 79.4 Å². The predicted molar refractivity (Wildman–Crippen MR) is 96.0 cm³/mol. The Morgan fingerprint density at radius 2 is 1.44 bits per heavy atom. The van der Waals surface area contributed by atoms with E-state index >= 15 is 0 Å². The third-order valence-corrected chi connectivity index (χ3v) is 3.54. The van der Waals surface area contributed by atoms with Gasteiger partial charge in [-0.25, -0.2) is 19.9 Å². The highest BCUT2D eigenvalue weighted by Gasteiger charge is 2.09. The molecule has 0 aliphatic heterocycles. The van der Waals surface area contributed by atoms with Gasteiger partial charge in [-0.3, -0.25) is 4.98 Å². The first-order chi connectivity index (χ1) is 12.4. The third-order valence-electron chi connectivity index (χ3n) is 3.54. The van der Waals surface area contributed by atoms with Gasteiger partial charge in [0.25, 0.3) is 0 Å². The van der Waals surface area contributed by atoms with Crippen molar-refractivity contribution >= 4 is 11.8 Å². The number of hydrogen-bond acceptors (Lipinski definition) is 6. The molecule has 0 aliphatic rings. The number of benzene rings is 1. The zero-order valence-electron chi connectivity index (χ0n) is 13.2. The Morgan fingerprint density at radius 1 is 0.680 bits per heavy atom. The fourth-order valence-electron chi connectivity index (χ4n) is 2.38. The molecule has 4 rings (SSSR count). The smallest absolute Gasteiger partial charge is 0.228 e. The fraction of sp³-hybridized carbons (Fsp3) is 0. The molecule has 0 radical (unpaired) electrons. The van der Waals surface area contributed by atoms with Crippen LogP contribution in [0.3, 0.4) is 0 Å². The van der Waals surface area contributed by atoms with Crippen molar-refractivity contribution in [2.75, 3.05) is 5.32 Å². The number of hydrogen-bond donors (Lipinski definition) is 1. The lowest BCUT2D eigenvalue weighted by atomic mass is 10.1. The Bertz CT molecular complexity index is 901. The molecule has 0 amide bonds. The normalized spacial score (nSPS) is 10.4. The molecular formula is C19H14N6. The summed E-state index contributed by atoms with van der Waals surface area (Å²) in [6, 6.07) is 17.4. The molecule has 0 unspecified atom stereocenters. The maximum atomic E-state index is 4.70. The number of pyridine rings is 1. The van der Waals surface area contributed by atoms with E-state index in [0.29, 0.717) is 17.6 Å². The van der Waals surface area contributed by atoms with E-state index < -0.39 is 0 Å². The number of nitrogens with zero attached hydrogens (tertiary/aromatic N) is 5. The highest BCUT2D eigenvalue weighted by Crippen LogP contribution is 2.24. The van der Waals surface area contributed by atoms with E-state index in [2.05, 4.69) is 25.3 Å². The van der Waals surface area contributed by atoms with E-state index in [1.165, 1.54) is 0 Å². The van der Waals surface area contributed by atoms with Crippen LogP contribution in [0, 0.1) is 0 Å². The van der Waals surface area contributed by atoms with E-state index in [1.807, 2.05) is 48.5 Å². The first-order valence-electron chi connectivity index (χ1n) is 7.77. The first kappa shape index (κ1) is 14.9. The van der Waals surface area contributed by atoms with Crippen LogP contribution in [0.15, 0.2) is 79.4 Å². The summed E-state index contributed by atoms with van der Waals surface area (Å²) in [7, 11) is 0. The van der Waals surface area contributed by atoms with Crippen molar-refractivity contribution in [2.45, 2.75) is 0 Å². The van der Waals surface area contributed by atoms with E-state index in [4.69, 9.17) is 4.98 Å². The van der Waals surface area contributed by atoms with Crippen molar-refractivity contribution in [1.29, 1.82) is 0 Å². The first-order valence-corrected chi connectivity index (χ1v) is 7.77. The van der Waals surface area contributed by atoms with E-state index in [-0.39, 0.29) is 0 Å². The second kappa shape index (κ2) is 6.84. The Balaban J connectivity index is 1.80. The van der Waals surface area contributed by atoms with Gasteiger partial charge in [0.1, 0.15) is 5.82 Å². The van der Waals surface area contributed by atoms with Crippen molar-refractivity contribution in [3.8, 4) is 22.6 Å². The van der Waals surface area contributed by atoms with E-state index in [9.17, 15) is 0 Å². The topological polar surface area (TPSA) is 76.5 Å². The molecule has 0 aliphatic carbocycles. The monoisotopic (exact) mass is 326 g/mol. The Hall–Kier alpha value is -3.67. The van der Waals surface area contributed by atoms with Crippen molar-refractivity contribution < 1.29 is 0 Å². The second-order valence-corrected chi connectivity index (χ2v) is 5.26. The predicted octanol–water partition coefficient (Wildman–Crippen LogP) is 3.74. The van der Waals surface area contributed by atoms with Crippen LogP contribution < -0.4 is 5.32 Å². The molecule has 4 aromatic rings.